The van der Waals surface area contributed by atoms with Crippen LogP contribution in [0.15, 0.2) is 83.8 Å². The van der Waals surface area contributed by atoms with Gasteiger partial charge in [0.05, 0.1) is 5.56 Å². The van der Waals surface area contributed by atoms with Crippen LogP contribution in [0.5, 0.6) is 5.75 Å². The summed E-state index contributed by atoms with van der Waals surface area (Å²) in [5.74, 6) is -0.487. The van der Waals surface area contributed by atoms with Crippen LogP contribution in [-0.2, 0) is 16.7 Å². The molecule has 1 N–H and O–H groups in total. The van der Waals surface area contributed by atoms with E-state index in [2.05, 4.69) is 5.32 Å². The molecule has 0 aliphatic heterocycles. The highest BCUT2D eigenvalue weighted by molar-refractivity contribution is 7.87. The summed E-state index contributed by atoms with van der Waals surface area (Å²) in [5.41, 5.74) is 1.05. The Morgan fingerprint density at radius 1 is 0.926 bits per heavy atom. The molecule has 0 atom stereocenters. The summed E-state index contributed by atoms with van der Waals surface area (Å²) in [7, 11) is -4.12. The highest BCUT2D eigenvalue weighted by atomic mass is 35.5. The summed E-state index contributed by atoms with van der Waals surface area (Å²) >= 11 is 5.85. The van der Waals surface area contributed by atoms with Crippen LogP contribution in [-0.4, -0.2) is 14.3 Å². The zero-order valence-corrected chi connectivity index (χ0v) is 15.7. The van der Waals surface area contributed by atoms with E-state index in [1.807, 2.05) is 30.3 Å². The van der Waals surface area contributed by atoms with Crippen molar-refractivity contribution in [3.63, 3.8) is 0 Å². The lowest BCUT2D eigenvalue weighted by atomic mass is 10.1. The minimum absolute atomic E-state index is 0.0527. The average molecular weight is 402 g/mol. The van der Waals surface area contributed by atoms with Gasteiger partial charge in [-0.1, -0.05) is 60.1 Å². The quantitative estimate of drug-likeness (QED) is 0.633. The molecule has 138 valence electrons. The van der Waals surface area contributed by atoms with Gasteiger partial charge in [0, 0.05) is 11.6 Å². The molecular formula is C20H16ClNO4S. The fourth-order valence-electron chi connectivity index (χ4n) is 2.39. The molecule has 3 aromatic rings. The van der Waals surface area contributed by atoms with Gasteiger partial charge in [0.15, 0.2) is 5.75 Å². The normalized spacial score (nSPS) is 11.0. The third-order valence-electron chi connectivity index (χ3n) is 3.71. The summed E-state index contributed by atoms with van der Waals surface area (Å²) in [4.78, 5) is 12.4. The van der Waals surface area contributed by atoms with E-state index < -0.39 is 16.0 Å². The zero-order chi connectivity index (χ0) is 19.3. The van der Waals surface area contributed by atoms with Crippen LogP contribution in [0.1, 0.15) is 15.9 Å². The lowest BCUT2D eigenvalue weighted by Gasteiger charge is -2.12. The molecule has 5 nitrogen and oxygen atoms in total. The maximum Gasteiger partial charge on any atom is 0.339 e. The lowest BCUT2D eigenvalue weighted by Crippen LogP contribution is -2.24. The maximum absolute atomic E-state index is 12.5. The Hall–Kier alpha value is -2.83. The molecule has 0 radical (unpaired) electrons. The molecule has 7 heteroatoms. The van der Waals surface area contributed by atoms with Crippen molar-refractivity contribution in [3.05, 3.63) is 95.0 Å². The number of carbonyl (C=O) groups excluding carboxylic acids is 1. The second kappa shape index (κ2) is 8.24. The van der Waals surface area contributed by atoms with Crippen LogP contribution in [0.25, 0.3) is 0 Å². The van der Waals surface area contributed by atoms with E-state index in [-0.39, 0.29) is 21.2 Å². The molecule has 27 heavy (non-hydrogen) atoms. The predicted octanol–water partition coefficient (Wildman–Crippen LogP) is 4.04. The zero-order valence-electron chi connectivity index (χ0n) is 14.1. The van der Waals surface area contributed by atoms with Gasteiger partial charge in [0.25, 0.3) is 5.91 Å². The number of nitrogens with one attached hydrogen (secondary N) is 1. The number of hydrogen-bond donors (Lipinski definition) is 1. The van der Waals surface area contributed by atoms with Gasteiger partial charge >= 0.3 is 10.1 Å². The van der Waals surface area contributed by atoms with Gasteiger partial charge in [-0.2, -0.15) is 8.42 Å². The second-order valence-electron chi connectivity index (χ2n) is 5.66. The molecule has 0 saturated carbocycles. The number of halogens is 1. The highest BCUT2D eigenvalue weighted by Crippen LogP contribution is 2.24. The van der Waals surface area contributed by atoms with Crippen LogP contribution in [0.4, 0.5) is 0 Å². The fourth-order valence-corrected chi connectivity index (χ4v) is 3.64. The first kappa shape index (κ1) is 18.9. The van der Waals surface area contributed by atoms with Gasteiger partial charge in [-0.05, 0) is 35.9 Å². The minimum Gasteiger partial charge on any atom is -0.378 e. The molecule has 0 spiro atoms. The third kappa shape index (κ3) is 4.87. The Morgan fingerprint density at radius 2 is 1.63 bits per heavy atom. The SMILES string of the molecule is O=C(NCc1ccccc1)c1ccccc1OS(=O)(=O)c1cccc(Cl)c1. The van der Waals surface area contributed by atoms with E-state index >= 15 is 0 Å². The third-order valence-corrected chi connectivity index (χ3v) is 5.18. The van der Waals surface area contributed by atoms with Gasteiger partial charge in [-0.25, -0.2) is 0 Å². The van der Waals surface area contributed by atoms with Crippen molar-refractivity contribution in [1.82, 2.24) is 5.32 Å². The lowest BCUT2D eigenvalue weighted by molar-refractivity contribution is 0.0949. The number of carbonyl (C=O) groups is 1. The van der Waals surface area contributed by atoms with Crippen LogP contribution < -0.4 is 9.50 Å². The molecule has 0 fully saturated rings. The van der Waals surface area contributed by atoms with Crippen molar-refractivity contribution in [2.24, 2.45) is 0 Å². The van der Waals surface area contributed by atoms with Crippen molar-refractivity contribution < 1.29 is 17.4 Å². The minimum atomic E-state index is -4.12. The highest BCUT2D eigenvalue weighted by Gasteiger charge is 2.21. The molecule has 0 heterocycles. The van der Waals surface area contributed by atoms with E-state index in [0.29, 0.717) is 6.54 Å². The number of hydrogen-bond acceptors (Lipinski definition) is 4. The second-order valence-corrected chi connectivity index (χ2v) is 7.64. The molecule has 0 unspecified atom stereocenters. The summed E-state index contributed by atoms with van der Waals surface area (Å²) in [6.07, 6.45) is 0. The van der Waals surface area contributed by atoms with E-state index in [4.69, 9.17) is 15.8 Å². The molecular weight excluding hydrogens is 386 g/mol. The predicted molar refractivity (Wildman–Crippen MR) is 103 cm³/mol. The summed E-state index contributed by atoms with van der Waals surface area (Å²) in [6.45, 7) is 0.315. The van der Waals surface area contributed by atoms with Gasteiger partial charge in [-0.3, -0.25) is 4.79 Å². The molecule has 3 rings (SSSR count). The van der Waals surface area contributed by atoms with Crippen molar-refractivity contribution in [2.75, 3.05) is 0 Å². The Labute approximate surface area is 162 Å². The first-order valence-corrected chi connectivity index (χ1v) is 9.85. The molecule has 0 aliphatic carbocycles. The topological polar surface area (TPSA) is 72.5 Å². The Morgan fingerprint density at radius 3 is 2.37 bits per heavy atom. The molecule has 1 amide bonds. The number of benzene rings is 3. The Kier molecular flexibility index (Phi) is 5.78. The molecule has 0 aliphatic rings. The Bertz CT molecular complexity index is 1050. The molecule has 0 saturated heterocycles. The number of para-hydroxylation sites is 1. The van der Waals surface area contributed by atoms with Crippen LogP contribution >= 0.6 is 11.6 Å². The van der Waals surface area contributed by atoms with E-state index in [1.165, 1.54) is 30.3 Å². The monoisotopic (exact) mass is 401 g/mol. The Balaban J connectivity index is 1.80. The largest absolute Gasteiger partial charge is 0.378 e. The molecule has 0 bridgehead atoms. The van der Waals surface area contributed by atoms with Crippen molar-refractivity contribution >= 4 is 27.6 Å². The summed E-state index contributed by atoms with van der Waals surface area (Å²) in [6, 6.07) is 21.3. The summed E-state index contributed by atoms with van der Waals surface area (Å²) in [5, 5.41) is 3.03. The maximum atomic E-state index is 12.5. The van der Waals surface area contributed by atoms with Gasteiger partial charge in [0.1, 0.15) is 4.90 Å². The number of rotatable bonds is 6. The van der Waals surface area contributed by atoms with Gasteiger partial charge < -0.3 is 9.50 Å². The van der Waals surface area contributed by atoms with E-state index in [0.717, 1.165) is 5.56 Å². The van der Waals surface area contributed by atoms with Crippen LogP contribution in [0.3, 0.4) is 0 Å². The summed E-state index contributed by atoms with van der Waals surface area (Å²) < 4.78 is 30.2. The van der Waals surface area contributed by atoms with Crippen LogP contribution in [0.2, 0.25) is 5.02 Å². The molecule has 0 aromatic heterocycles. The van der Waals surface area contributed by atoms with Crippen LogP contribution in [0, 0.1) is 0 Å². The van der Waals surface area contributed by atoms with Crippen molar-refractivity contribution in [1.29, 1.82) is 0 Å². The van der Waals surface area contributed by atoms with Crippen molar-refractivity contribution in [3.8, 4) is 5.75 Å². The molecule has 3 aromatic carbocycles. The van der Waals surface area contributed by atoms with E-state index in [1.54, 1.807) is 18.2 Å². The van der Waals surface area contributed by atoms with E-state index in [9.17, 15) is 13.2 Å². The first-order valence-electron chi connectivity index (χ1n) is 8.07. The van der Waals surface area contributed by atoms with Crippen molar-refractivity contribution in [2.45, 2.75) is 11.4 Å². The smallest absolute Gasteiger partial charge is 0.339 e. The first-order chi connectivity index (χ1) is 13.0. The van der Waals surface area contributed by atoms with Gasteiger partial charge in [-0.15, -0.1) is 0 Å². The number of amides is 1. The average Bonchev–Trinajstić information content (AvgIpc) is 2.67. The fraction of sp³-hybridized carbons (Fsp3) is 0.0500. The standard InChI is InChI=1S/C20H16ClNO4S/c21-16-9-6-10-17(13-16)27(24,25)26-19-12-5-4-11-18(19)20(23)22-14-15-7-2-1-3-8-15/h1-13H,14H2,(H,22,23). The van der Waals surface area contributed by atoms with Gasteiger partial charge in [0.2, 0.25) is 0 Å².